The zero-order valence-electron chi connectivity index (χ0n) is 10.4. The number of aliphatic carboxylic acids is 1. The lowest BCUT2D eigenvalue weighted by atomic mass is 9.94. The lowest BCUT2D eigenvalue weighted by Crippen LogP contribution is -2.41. The van der Waals surface area contributed by atoms with E-state index in [9.17, 15) is 9.59 Å². The highest BCUT2D eigenvalue weighted by molar-refractivity contribution is 5.85. The van der Waals surface area contributed by atoms with Crippen molar-refractivity contribution in [3.63, 3.8) is 0 Å². The number of carbonyl (C=O) groups is 2. The Balaban J connectivity index is 2.06. The summed E-state index contributed by atoms with van der Waals surface area (Å²) in [4.78, 5) is 25.4. The maximum absolute atomic E-state index is 12.4. The van der Waals surface area contributed by atoms with Gasteiger partial charge in [0.15, 0.2) is 0 Å². The molecule has 0 radical (unpaired) electrons. The van der Waals surface area contributed by atoms with Gasteiger partial charge in [0.05, 0.1) is 11.8 Å². The van der Waals surface area contributed by atoms with Crippen LogP contribution in [0, 0.1) is 11.8 Å². The summed E-state index contributed by atoms with van der Waals surface area (Å²) in [5.74, 6) is -1.41. The molecule has 2 fully saturated rings. The van der Waals surface area contributed by atoms with Gasteiger partial charge < -0.3 is 10.0 Å². The average Bonchev–Trinajstić information content (AvgIpc) is 2.96. The average molecular weight is 239 g/mol. The van der Waals surface area contributed by atoms with E-state index in [-0.39, 0.29) is 11.8 Å². The van der Waals surface area contributed by atoms with Gasteiger partial charge in [0.1, 0.15) is 0 Å². The van der Waals surface area contributed by atoms with Crippen LogP contribution in [0.5, 0.6) is 0 Å². The summed E-state index contributed by atoms with van der Waals surface area (Å²) in [6.07, 6.45) is 5.41. The van der Waals surface area contributed by atoms with Crippen molar-refractivity contribution in [2.24, 2.45) is 11.8 Å². The van der Waals surface area contributed by atoms with Crippen LogP contribution in [-0.2, 0) is 9.59 Å². The van der Waals surface area contributed by atoms with E-state index in [2.05, 4.69) is 6.92 Å². The van der Waals surface area contributed by atoms with Gasteiger partial charge in [0.2, 0.25) is 5.91 Å². The lowest BCUT2D eigenvalue weighted by molar-refractivity contribution is -0.149. The van der Waals surface area contributed by atoms with Crippen LogP contribution in [0.25, 0.3) is 0 Å². The van der Waals surface area contributed by atoms with Gasteiger partial charge in [-0.25, -0.2) is 0 Å². The van der Waals surface area contributed by atoms with Crippen LogP contribution in [0.1, 0.15) is 45.4 Å². The molecule has 0 aromatic carbocycles. The molecule has 1 saturated carbocycles. The van der Waals surface area contributed by atoms with Crippen molar-refractivity contribution in [3.05, 3.63) is 0 Å². The molecule has 1 N–H and O–H groups in total. The number of carbonyl (C=O) groups excluding carboxylic acids is 1. The molecule has 1 aliphatic heterocycles. The zero-order chi connectivity index (χ0) is 12.4. The summed E-state index contributed by atoms with van der Waals surface area (Å²) < 4.78 is 0. The second kappa shape index (κ2) is 5.07. The highest BCUT2D eigenvalue weighted by Gasteiger charge is 2.41. The van der Waals surface area contributed by atoms with Gasteiger partial charge >= 0.3 is 5.97 Å². The molecular weight excluding hydrogens is 218 g/mol. The molecule has 3 unspecified atom stereocenters. The maximum atomic E-state index is 12.4. The van der Waals surface area contributed by atoms with Crippen LogP contribution in [0.15, 0.2) is 0 Å². The van der Waals surface area contributed by atoms with Crippen molar-refractivity contribution in [1.29, 1.82) is 0 Å². The third kappa shape index (κ3) is 2.31. The van der Waals surface area contributed by atoms with E-state index < -0.39 is 11.9 Å². The first-order valence-corrected chi connectivity index (χ1v) is 6.68. The van der Waals surface area contributed by atoms with Crippen molar-refractivity contribution >= 4 is 11.9 Å². The molecule has 1 heterocycles. The second-order valence-electron chi connectivity index (χ2n) is 5.22. The van der Waals surface area contributed by atoms with E-state index in [0.29, 0.717) is 12.5 Å². The summed E-state index contributed by atoms with van der Waals surface area (Å²) in [6, 6.07) is 0.345. The molecular formula is C13H21NO3. The number of carboxylic acids is 1. The van der Waals surface area contributed by atoms with Crippen LogP contribution >= 0.6 is 0 Å². The molecule has 1 amide bonds. The van der Waals surface area contributed by atoms with Gasteiger partial charge in [-0.15, -0.1) is 0 Å². The summed E-state index contributed by atoms with van der Waals surface area (Å²) >= 11 is 0. The van der Waals surface area contributed by atoms with E-state index in [1.54, 1.807) is 0 Å². The van der Waals surface area contributed by atoms with Crippen LogP contribution < -0.4 is 0 Å². The highest BCUT2D eigenvalue weighted by atomic mass is 16.4. The van der Waals surface area contributed by atoms with Gasteiger partial charge in [0.25, 0.3) is 0 Å². The highest BCUT2D eigenvalue weighted by Crippen LogP contribution is 2.35. The number of rotatable bonds is 3. The predicted octanol–water partition coefficient (Wildman–Crippen LogP) is 1.89. The third-order valence-electron chi connectivity index (χ3n) is 4.28. The van der Waals surface area contributed by atoms with Crippen LogP contribution in [0.2, 0.25) is 0 Å². The van der Waals surface area contributed by atoms with Crippen LogP contribution in [-0.4, -0.2) is 34.5 Å². The summed E-state index contributed by atoms with van der Waals surface area (Å²) in [7, 11) is 0. The molecule has 3 atom stereocenters. The number of hydrogen-bond acceptors (Lipinski definition) is 2. The first kappa shape index (κ1) is 12.4. The molecule has 1 saturated heterocycles. The summed E-state index contributed by atoms with van der Waals surface area (Å²) in [5.41, 5.74) is 0. The Morgan fingerprint density at radius 3 is 2.53 bits per heavy atom. The first-order chi connectivity index (χ1) is 8.15. The standard InChI is InChI=1S/C13H21NO3/c1-2-9-5-4-8-14(9)12(15)10-6-3-7-11(10)13(16)17/h9-11H,2-8H2,1H3,(H,16,17). The van der Waals surface area contributed by atoms with E-state index >= 15 is 0 Å². The summed E-state index contributed by atoms with van der Waals surface area (Å²) in [6.45, 7) is 2.92. The van der Waals surface area contributed by atoms with E-state index in [0.717, 1.165) is 38.6 Å². The predicted molar refractivity (Wildman–Crippen MR) is 63.5 cm³/mol. The monoisotopic (exact) mass is 239 g/mol. The van der Waals surface area contributed by atoms with Gasteiger partial charge in [-0.05, 0) is 32.1 Å². The Labute approximate surface area is 102 Å². The molecule has 1 aliphatic carbocycles. The number of likely N-dealkylation sites (tertiary alicyclic amines) is 1. The van der Waals surface area contributed by atoms with E-state index in [1.807, 2.05) is 4.90 Å². The van der Waals surface area contributed by atoms with Crippen molar-refractivity contribution < 1.29 is 14.7 Å². The Hall–Kier alpha value is -1.06. The molecule has 17 heavy (non-hydrogen) atoms. The van der Waals surface area contributed by atoms with Crippen molar-refractivity contribution in [2.45, 2.75) is 51.5 Å². The minimum Gasteiger partial charge on any atom is -0.481 e. The first-order valence-electron chi connectivity index (χ1n) is 6.68. The smallest absolute Gasteiger partial charge is 0.307 e. The summed E-state index contributed by atoms with van der Waals surface area (Å²) in [5, 5.41) is 9.13. The maximum Gasteiger partial charge on any atom is 0.307 e. The molecule has 96 valence electrons. The van der Waals surface area contributed by atoms with Crippen molar-refractivity contribution in [1.82, 2.24) is 4.90 Å². The molecule has 0 spiro atoms. The fourth-order valence-electron chi connectivity index (χ4n) is 3.31. The zero-order valence-corrected chi connectivity index (χ0v) is 10.4. The molecule has 0 bridgehead atoms. The van der Waals surface area contributed by atoms with Crippen molar-refractivity contribution in [2.75, 3.05) is 6.54 Å². The van der Waals surface area contributed by atoms with Gasteiger partial charge in [0, 0.05) is 12.6 Å². The molecule has 4 heteroatoms. The number of nitrogens with zero attached hydrogens (tertiary/aromatic N) is 1. The largest absolute Gasteiger partial charge is 0.481 e. The van der Waals surface area contributed by atoms with Gasteiger partial charge in [-0.3, -0.25) is 9.59 Å². The molecule has 4 nitrogen and oxygen atoms in total. The Morgan fingerprint density at radius 1 is 1.18 bits per heavy atom. The van der Waals surface area contributed by atoms with Crippen LogP contribution in [0.3, 0.4) is 0 Å². The van der Waals surface area contributed by atoms with Gasteiger partial charge in [-0.1, -0.05) is 13.3 Å². The lowest BCUT2D eigenvalue weighted by Gasteiger charge is -2.28. The molecule has 2 aliphatic rings. The van der Waals surface area contributed by atoms with Crippen LogP contribution in [0.4, 0.5) is 0 Å². The fourth-order valence-corrected chi connectivity index (χ4v) is 3.31. The fraction of sp³-hybridized carbons (Fsp3) is 0.846. The minimum absolute atomic E-state index is 0.0965. The third-order valence-corrected chi connectivity index (χ3v) is 4.28. The second-order valence-corrected chi connectivity index (χ2v) is 5.22. The van der Waals surface area contributed by atoms with E-state index in [4.69, 9.17) is 5.11 Å². The normalized spacial score (nSPS) is 33.0. The Bertz CT molecular complexity index is 316. The Kier molecular flexibility index (Phi) is 3.69. The molecule has 2 rings (SSSR count). The van der Waals surface area contributed by atoms with Crippen molar-refractivity contribution in [3.8, 4) is 0 Å². The quantitative estimate of drug-likeness (QED) is 0.818. The Morgan fingerprint density at radius 2 is 1.88 bits per heavy atom. The number of amides is 1. The number of carboxylic acid groups (broad SMARTS) is 1. The minimum atomic E-state index is -0.798. The number of hydrogen-bond donors (Lipinski definition) is 1. The SMILES string of the molecule is CCC1CCCN1C(=O)C1CCCC1C(=O)O. The van der Waals surface area contributed by atoms with Gasteiger partial charge in [-0.2, -0.15) is 0 Å². The molecule has 0 aromatic rings. The van der Waals surface area contributed by atoms with E-state index in [1.165, 1.54) is 0 Å². The topological polar surface area (TPSA) is 57.6 Å². The molecule has 0 aromatic heterocycles.